The number of hydrogen-bond donors (Lipinski definition) is 1. The zero-order chi connectivity index (χ0) is 15.1. The van der Waals surface area contributed by atoms with Gasteiger partial charge in [0, 0.05) is 25.7 Å². The van der Waals surface area contributed by atoms with Crippen molar-refractivity contribution in [3.05, 3.63) is 39.9 Å². The fraction of sp³-hybridized carbons (Fsp3) is 0.333. The summed E-state index contributed by atoms with van der Waals surface area (Å²) in [6.07, 6.45) is 0. The molecule has 0 fully saturated rings. The summed E-state index contributed by atoms with van der Waals surface area (Å²) in [5.74, 6) is -1.56. The number of rotatable bonds is 7. The Morgan fingerprint density at radius 3 is 2.70 bits per heavy atom. The van der Waals surface area contributed by atoms with E-state index in [1.807, 2.05) is 0 Å². The number of nitrogens with zero attached hydrogens (tertiary/aromatic N) is 2. The third-order valence-electron chi connectivity index (χ3n) is 2.42. The number of carboxylic acid groups (broad SMARTS) is 1. The molecule has 0 aliphatic carbocycles. The highest BCUT2D eigenvalue weighted by Gasteiger charge is 2.12. The van der Waals surface area contributed by atoms with E-state index in [4.69, 9.17) is 5.11 Å². The number of non-ortho nitro benzene ring substituents is 1. The second kappa shape index (κ2) is 7.19. The van der Waals surface area contributed by atoms with Crippen molar-refractivity contribution in [2.45, 2.75) is 6.54 Å². The van der Waals surface area contributed by atoms with Crippen LogP contribution in [0.3, 0.4) is 0 Å². The second-order valence-electron chi connectivity index (χ2n) is 4.06. The summed E-state index contributed by atoms with van der Waals surface area (Å²) in [5, 5.41) is 19.0. The number of carbonyl (C=O) groups excluding carboxylic acids is 1. The Bertz CT molecular complexity index is 516. The van der Waals surface area contributed by atoms with Crippen LogP contribution in [-0.2, 0) is 20.9 Å². The van der Waals surface area contributed by atoms with Gasteiger partial charge in [0.2, 0.25) is 5.91 Å². The number of hydrogen-bond acceptors (Lipinski definition) is 5. The Morgan fingerprint density at radius 1 is 1.40 bits per heavy atom. The molecule has 0 saturated carbocycles. The Balaban J connectivity index is 2.54. The van der Waals surface area contributed by atoms with Gasteiger partial charge in [-0.1, -0.05) is 12.1 Å². The van der Waals surface area contributed by atoms with E-state index in [0.717, 1.165) is 0 Å². The van der Waals surface area contributed by atoms with Crippen LogP contribution in [0.4, 0.5) is 5.69 Å². The summed E-state index contributed by atoms with van der Waals surface area (Å²) in [6.45, 7) is -0.717. The molecule has 1 aromatic carbocycles. The summed E-state index contributed by atoms with van der Waals surface area (Å²) >= 11 is 0. The molecule has 0 unspecified atom stereocenters. The average molecular weight is 282 g/mol. The average Bonchev–Trinajstić information content (AvgIpc) is 2.38. The molecule has 1 amide bonds. The van der Waals surface area contributed by atoms with Crippen molar-refractivity contribution in [1.29, 1.82) is 0 Å². The molecule has 0 bridgehead atoms. The lowest BCUT2D eigenvalue weighted by Gasteiger charge is -2.16. The monoisotopic (exact) mass is 282 g/mol. The van der Waals surface area contributed by atoms with Gasteiger partial charge in [-0.05, 0) is 5.56 Å². The number of benzene rings is 1. The largest absolute Gasteiger partial charge is 0.480 e. The summed E-state index contributed by atoms with van der Waals surface area (Å²) in [4.78, 5) is 33.3. The quantitative estimate of drug-likeness (QED) is 0.581. The molecule has 0 radical (unpaired) electrons. The normalized spacial score (nSPS) is 10.1. The van der Waals surface area contributed by atoms with Gasteiger partial charge in [0.05, 0.1) is 4.92 Å². The minimum Gasteiger partial charge on any atom is -0.480 e. The highest BCUT2D eigenvalue weighted by atomic mass is 16.6. The number of aliphatic carboxylic acids is 1. The summed E-state index contributed by atoms with van der Waals surface area (Å²) in [6, 6.07) is 5.94. The van der Waals surface area contributed by atoms with Gasteiger partial charge in [0.15, 0.2) is 0 Å². The Hall–Kier alpha value is -2.48. The number of nitro benzene ring substituents is 1. The first kappa shape index (κ1) is 15.6. The number of likely N-dealkylation sites (N-methyl/N-ethyl adjacent to an activating group) is 1. The Labute approximate surface area is 114 Å². The van der Waals surface area contributed by atoms with Gasteiger partial charge in [-0.3, -0.25) is 14.9 Å². The molecule has 0 heterocycles. The van der Waals surface area contributed by atoms with Gasteiger partial charge in [0.25, 0.3) is 5.69 Å². The van der Waals surface area contributed by atoms with Crippen LogP contribution in [0.1, 0.15) is 5.56 Å². The highest BCUT2D eigenvalue weighted by Crippen LogP contribution is 2.14. The SMILES string of the molecule is CN(Cc1cccc([N+](=O)[O-])c1)C(=O)COCC(=O)O. The predicted molar refractivity (Wildman–Crippen MR) is 68.0 cm³/mol. The zero-order valence-electron chi connectivity index (χ0n) is 10.8. The van der Waals surface area contributed by atoms with E-state index >= 15 is 0 Å². The maximum absolute atomic E-state index is 11.6. The Kier molecular flexibility index (Phi) is 5.60. The van der Waals surface area contributed by atoms with Gasteiger partial charge in [-0.25, -0.2) is 4.79 Å². The van der Waals surface area contributed by atoms with Crippen LogP contribution in [-0.4, -0.2) is 47.1 Å². The molecule has 8 nitrogen and oxygen atoms in total. The fourth-order valence-corrected chi connectivity index (χ4v) is 1.47. The van der Waals surface area contributed by atoms with Crippen molar-refractivity contribution in [2.24, 2.45) is 0 Å². The van der Waals surface area contributed by atoms with E-state index in [1.165, 1.54) is 30.1 Å². The third kappa shape index (κ3) is 5.02. The minimum atomic E-state index is -1.15. The van der Waals surface area contributed by atoms with Crippen molar-refractivity contribution in [3.8, 4) is 0 Å². The molecule has 0 aromatic heterocycles. The summed E-state index contributed by atoms with van der Waals surface area (Å²) in [7, 11) is 1.51. The van der Waals surface area contributed by atoms with Gasteiger partial charge in [-0.15, -0.1) is 0 Å². The van der Waals surface area contributed by atoms with Crippen LogP contribution in [0.2, 0.25) is 0 Å². The minimum absolute atomic E-state index is 0.0505. The van der Waals surface area contributed by atoms with Gasteiger partial charge < -0.3 is 14.7 Å². The number of carboxylic acids is 1. The topological polar surface area (TPSA) is 110 Å². The molecule has 0 spiro atoms. The third-order valence-corrected chi connectivity index (χ3v) is 2.42. The number of nitro groups is 1. The number of carbonyl (C=O) groups is 2. The molecule has 8 heteroatoms. The maximum Gasteiger partial charge on any atom is 0.329 e. The van der Waals surface area contributed by atoms with Crippen LogP contribution < -0.4 is 0 Å². The van der Waals surface area contributed by atoms with Crippen LogP contribution in [0, 0.1) is 10.1 Å². The van der Waals surface area contributed by atoms with Gasteiger partial charge in [0.1, 0.15) is 13.2 Å². The lowest BCUT2D eigenvalue weighted by atomic mass is 10.2. The maximum atomic E-state index is 11.6. The molecule has 1 aromatic rings. The fourth-order valence-electron chi connectivity index (χ4n) is 1.47. The van der Waals surface area contributed by atoms with Gasteiger partial charge in [-0.2, -0.15) is 0 Å². The first-order chi connectivity index (χ1) is 9.40. The molecule has 1 N–H and O–H groups in total. The summed E-state index contributed by atoms with van der Waals surface area (Å²) in [5.41, 5.74) is 0.554. The standard InChI is InChI=1S/C12H14N2O6/c1-13(11(15)7-20-8-12(16)17)6-9-3-2-4-10(5-9)14(18)19/h2-5H,6-8H2,1H3,(H,16,17). The van der Waals surface area contributed by atoms with E-state index in [2.05, 4.69) is 4.74 Å². The van der Waals surface area contributed by atoms with Crippen molar-refractivity contribution in [3.63, 3.8) is 0 Å². The smallest absolute Gasteiger partial charge is 0.329 e. The van der Waals surface area contributed by atoms with Crippen molar-refractivity contribution in [1.82, 2.24) is 4.90 Å². The molecule has 0 atom stereocenters. The molecular formula is C12H14N2O6. The van der Waals surface area contributed by atoms with Crippen LogP contribution >= 0.6 is 0 Å². The summed E-state index contributed by atoms with van der Waals surface area (Å²) < 4.78 is 4.68. The van der Waals surface area contributed by atoms with E-state index in [-0.39, 0.29) is 18.8 Å². The second-order valence-corrected chi connectivity index (χ2v) is 4.06. The van der Waals surface area contributed by atoms with Crippen molar-refractivity contribution in [2.75, 3.05) is 20.3 Å². The van der Waals surface area contributed by atoms with E-state index in [1.54, 1.807) is 6.07 Å². The highest BCUT2D eigenvalue weighted by molar-refractivity contribution is 5.77. The zero-order valence-corrected chi connectivity index (χ0v) is 10.8. The molecule has 0 saturated heterocycles. The molecule has 0 aliphatic rings. The molecular weight excluding hydrogens is 268 g/mol. The van der Waals surface area contributed by atoms with Crippen LogP contribution in [0.25, 0.3) is 0 Å². The molecule has 1 rings (SSSR count). The lowest BCUT2D eigenvalue weighted by molar-refractivity contribution is -0.384. The van der Waals surface area contributed by atoms with Gasteiger partial charge >= 0.3 is 5.97 Å². The predicted octanol–water partition coefficient (Wildman–Crippen LogP) is 0.654. The first-order valence-corrected chi connectivity index (χ1v) is 5.67. The number of ether oxygens (including phenoxy) is 1. The lowest BCUT2D eigenvalue weighted by Crippen LogP contribution is -2.30. The van der Waals surface area contributed by atoms with Crippen molar-refractivity contribution < 1.29 is 24.4 Å². The Morgan fingerprint density at radius 2 is 2.10 bits per heavy atom. The van der Waals surface area contributed by atoms with E-state index in [9.17, 15) is 19.7 Å². The van der Waals surface area contributed by atoms with Crippen LogP contribution in [0.15, 0.2) is 24.3 Å². The molecule has 108 valence electrons. The van der Waals surface area contributed by atoms with E-state index < -0.39 is 23.4 Å². The number of amides is 1. The van der Waals surface area contributed by atoms with E-state index in [0.29, 0.717) is 5.56 Å². The molecule has 0 aliphatic heterocycles. The first-order valence-electron chi connectivity index (χ1n) is 5.67. The van der Waals surface area contributed by atoms with Crippen molar-refractivity contribution >= 4 is 17.6 Å². The van der Waals surface area contributed by atoms with Crippen LogP contribution in [0.5, 0.6) is 0 Å². The molecule has 20 heavy (non-hydrogen) atoms.